The first-order chi connectivity index (χ1) is 10.0. The number of halogens is 2. The number of benzene rings is 2. The standard InChI is InChI=1S/C16H8Cl2O3/c17-11-3-1-9(2-4-11)15(19)13-8-10-7-12(18)5-6-14(10)21-16(13)20/h1-8H. The molecular weight excluding hydrogens is 311 g/mol. The molecule has 0 fully saturated rings. The van der Waals surface area contributed by atoms with Crippen molar-refractivity contribution in [1.29, 1.82) is 0 Å². The van der Waals surface area contributed by atoms with Crippen LogP contribution in [0, 0.1) is 0 Å². The van der Waals surface area contributed by atoms with Crippen LogP contribution in [0.15, 0.2) is 57.7 Å². The molecule has 0 bridgehead atoms. The maximum Gasteiger partial charge on any atom is 0.347 e. The van der Waals surface area contributed by atoms with E-state index >= 15 is 0 Å². The predicted molar refractivity (Wildman–Crippen MR) is 82.4 cm³/mol. The van der Waals surface area contributed by atoms with Crippen molar-refractivity contribution in [2.75, 3.05) is 0 Å². The Morgan fingerprint density at radius 3 is 2.29 bits per heavy atom. The first-order valence-corrected chi connectivity index (χ1v) is 6.84. The molecule has 0 atom stereocenters. The average molecular weight is 319 g/mol. The average Bonchev–Trinajstić information content (AvgIpc) is 2.47. The number of hydrogen-bond acceptors (Lipinski definition) is 3. The summed E-state index contributed by atoms with van der Waals surface area (Å²) >= 11 is 11.7. The molecule has 0 spiro atoms. The number of carbonyl (C=O) groups excluding carboxylic acids is 1. The van der Waals surface area contributed by atoms with Crippen LogP contribution in [0.1, 0.15) is 15.9 Å². The normalized spacial score (nSPS) is 10.8. The first-order valence-electron chi connectivity index (χ1n) is 6.08. The number of carbonyl (C=O) groups is 1. The van der Waals surface area contributed by atoms with Crippen LogP contribution in [0.2, 0.25) is 10.0 Å². The molecule has 0 radical (unpaired) electrons. The van der Waals surface area contributed by atoms with E-state index in [4.69, 9.17) is 27.6 Å². The second-order valence-corrected chi connectivity index (χ2v) is 5.34. The Morgan fingerprint density at radius 2 is 1.57 bits per heavy atom. The molecule has 3 rings (SSSR count). The third-order valence-corrected chi connectivity index (χ3v) is 3.53. The zero-order valence-corrected chi connectivity index (χ0v) is 12.1. The molecule has 21 heavy (non-hydrogen) atoms. The Hall–Kier alpha value is -2.10. The van der Waals surface area contributed by atoms with Crippen molar-refractivity contribution < 1.29 is 9.21 Å². The summed E-state index contributed by atoms with van der Waals surface area (Å²) in [6, 6.07) is 12.6. The van der Waals surface area contributed by atoms with Gasteiger partial charge in [-0.05, 0) is 48.5 Å². The summed E-state index contributed by atoms with van der Waals surface area (Å²) in [7, 11) is 0. The Balaban J connectivity index is 2.15. The second kappa shape index (κ2) is 5.35. The maximum absolute atomic E-state index is 12.4. The molecule has 5 heteroatoms. The van der Waals surface area contributed by atoms with Crippen molar-refractivity contribution in [2.24, 2.45) is 0 Å². The monoisotopic (exact) mass is 318 g/mol. The Morgan fingerprint density at radius 1 is 0.905 bits per heavy atom. The molecule has 0 saturated carbocycles. The van der Waals surface area contributed by atoms with Crippen molar-refractivity contribution in [3.63, 3.8) is 0 Å². The highest BCUT2D eigenvalue weighted by Crippen LogP contribution is 2.20. The summed E-state index contributed by atoms with van der Waals surface area (Å²) in [5.41, 5.74) is 0.0435. The summed E-state index contributed by atoms with van der Waals surface area (Å²) in [4.78, 5) is 24.3. The molecule has 1 aromatic heterocycles. The highest BCUT2D eigenvalue weighted by molar-refractivity contribution is 6.31. The summed E-state index contributed by atoms with van der Waals surface area (Å²) in [6.07, 6.45) is 0. The zero-order valence-electron chi connectivity index (χ0n) is 10.6. The Kier molecular flexibility index (Phi) is 3.53. The van der Waals surface area contributed by atoms with Gasteiger partial charge in [-0.1, -0.05) is 23.2 Å². The predicted octanol–water partition coefficient (Wildman–Crippen LogP) is 4.33. The number of ketones is 1. The van der Waals surface area contributed by atoms with Crippen LogP contribution in [0.5, 0.6) is 0 Å². The summed E-state index contributed by atoms with van der Waals surface area (Å²) in [5.74, 6) is -0.415. The highest BCUT2D eigenvalue weighted by atomic mass is 35.5. The highest BCUT2D eigenvalue weighted by Gasteiger charge is 2.15. The second-order valence-electron chi connectivity index (χ2n) is 4.47. The fraction of sp³-hybridized carbons (Fsp3) is 0. The molecule has 3 aromatic rings. The lowest BCUT2D eigenvalue weighted by molar-refractivity contribution is 0.103. The van der Waals surface area contributed by atoms with Gasteiger partial charge in [0, 0.05) is 21.0 Å². The molecule has 0 aliphatic carbocycles. The fourth-order valence-corrected chi connectivity index (χ4v) is 2.32. The minimum absolute atomic E-state index is 0.0351. The summed E-state index contributed by atoms with van der Waals surface area (Å²) < 4.78 is 5.15. The van der Waals surface area contributed by atoms with E-state index in [0.29, 0.717) is 26.6 Å². The molecule has 0 aliphatic heterocycles. The van der Waals surface area contributed by atoms with Gasteiger partial charge in [-0.3, -0.25) is 4.79 Å². The third-order valence-electron chi connectivity index (χ3n) is 3.05. The van der Waals surface area contributed by atoms with Gasteiger partial charge in [-0.2, -0.15) is 0 Å². The summed E-state index contributed by atoms with van der Waals surface area (Å²) in [5, 5.41) is 1.62. The van der Waals surface area contributed by atoms with Gasteiger partial charge in [0.15, 0.2) is 5.78 Å². The number of hydrogen-bond donors (Lipinski definition) is 0. The lowest BCUT2D eigenvalue weighted by atomic mass is 10.0. The van der Waals surface area contributed by atoms with E-state index in [9.17, 15) is 9.59 Å². The van der Waals surface area contributed by atoms with E-state index in [1.165, 1.54) is 6.07 Å². The van der Waals surface area contributed by atoms with Gasteiger partial charge < -0.3 is 4.42 Å². The fourth-order valence-electron chi connectivity index (χ4n) is 2.01. The molecule has 2 aromatic carbocycles. The Bertz CT molecular complexity index is 896. The minimum Gasteiger partial charge on any atom is -0.422 e. The van der Waals surface area contributed by atoms with E-state index in [1.807, 2.05) is 0 Å². The topological polar surface area (TPSA) is 47.3 Å². The smallest absolute Gasteiger partial charge is 0.347 e. The van der Waals surface area contributed by atoms with Crippen LogP contribution >= 0.6 is 23.2 Å². The van der Waals surface area contributed by atoms with Crippen molar-refractivity contribution in [2.45, 2.75) is 0 Å². The molecule has 0 unspecified atom stereocenters. The molecule has 0 aliphatic rings. The van der Waals surface area contributed by atoms with Crippen LogP contribution in [0.3, 0.4) is 0 Å². The van der Waals surface area contributed by atoms with Crippen LogP contribution in [-0.2, 0) is 0 Å². The Labute approximate surface area is 129 Å². The van der Waals surface area contributed by atoms with Crippen molar-refractivity contribution in [3.8, 4) is 0 Å². The van der Waals surface area contributed by atoms with Gasteiger partial charge in [0.1, 0.15) is 11.1 Å². The molecule has 0 amide bonds. The van der Waals surface area contributed by atoms with Gasteiger partial charge in [-0.25, -0.2) is 4.79 Å². The lowest BCUT2D eigenvalue weighted by Gasteiger charge is -2.03. The van der Waals surface area contributed by atoms with Gasteiger partial charge >= 0.3 is 5.63 Å². The van der Waals surface area contributed by atoms with E-state index in [1.54, 1.807) is 42.5 Å². The quantitative estimate of drug-likeness (QED) is 0.522. The van der Waals surface area contributed by atoms with E-state index in [-0.39, 0.29) is 5.56 Å². The third kappa shape index (κ3) is 2.71. The first kappa shape index (κ1) is 13.9. The van der Waals surface area contributed by atoms with Crippen molar-refractivity contribution in [3.05, 3.63) is 80.1 Å². The maximum atomic E-state index is 12.4. The molecule has 0 saturated heterocycles. The van der Waals surface area contributed by atoms with Gasteiger partial charge in [0.05, 0.1) is 0 Å². The largest absolute Gasteiger partial charge is 0.422 e. The van der Waals surface area contributed by atoms with Gasteiger partial charge in [0.25, 0.3) is 0 Å². The number of fused-ring (bicyclic) bond motifs is 1. The number of rotatable bonds is 2. The van der Waals surface area contributed by atoms with Crippen LogP contribution in [0.25, 0.3) is 11.0 Å². The van der Waals surface area contributed by atoms with Crippen molar-refractivity contribution >= 4 is 40.0 Å². The van der Waals surface area contributed by atoms with Gasteiger partial charge in [-0.15, -0.1) is 0 Å². The van der Waals surface area contributed by atoms with Crippen LogP contribution in [-0.4, -0.2) is 5.78 Å². The summed E-state index contributed by atoms with van der Waals surface area (Å²) in [6.45, 7) is 0. The SMILES string of the molecule is O=C(c1ccc(Cl)cc1)c1cc2cc(Cl)ccc2oc1=O. The molecule has 104 valence electrons. The van der Waals surface area contributed by atoms with E-state index in [2.05, 4.69) is 0 Å². The molecule has 1 heterocycles. The minimum atomic E-state index is -0.676. The van der Waals surface area contributed by atoms with Crippen molar-refractivity contribution in [1.82, 2.24) is 0 Å². The van der Waals surface area contributed by atoms with Crippen LogP contribution < -0.4 is 5.63 Å². The van der Waals surface area contributed by atoms with E-state index in [0.717, 1.165) is 0 Å². The van der Waals surface area contributed by atoms with E-state index < -0.39 is 11.4 Å². The zero-order chi connectivity index (χ0) is 15.0. The molecule has 0 N–H and O–H groups in total. The van der Waals surface area contributed by atoms with Gasteiger partial charge in [0.2, 0.25) is 0 Å². The molecule has 3 nitrogen and oxygen atoms in total. The molecular formula is C16H8Cl2O3. The van der Waals surface area contributed by atoms with Crippen LogP contribution in [0.4, 0.5) is 0 Å². The lowest BCUT2D eigenvalue weighted by Crippen LogP contribution is -2.14.